The monoisotopic (exact) mass is 830 g/mol. The molecule has 1 heterocycles. The Morgan fingerprint density at radius 1 is 0.463 bits per heavy atom. The van der Waals surface area contributed by atoms with E-state index in [0.29, 0.717) is 22.3 Å². The van der Waals surface area contributed by atoms with Crippen molar-refractivity contribution in [2.75, 3.05) is 0 Å². The van der Waals surface area contributed by atoms with Gasteiger partial charge in [-0.05, 0) is 88.7 Å². The average Bonchev–Trinajstić information content (AvgIpc) is 3.18. The molecule has 1 aliphatic heterocycles. The number of fused-ring (bicyclic) bond motifs is 7. The third kappa shape index (κ3) is 7.49. The van der Waals surface area contributed by atoms with Crippen LogP contribution in [0.5, 0.6) is 11.5 Å². The van der Waals surface area contributed by atoms with Gasteiger partial charge in [-0.3, -0.25) is 0 Å². The van der Waals surface area contributed by atoms with Crippen LogP contribution < -0.4 is 13.9 Å². The first-order valence-corrected chi connectivity index (χ1v) is 20.1. The average molecular weight is 832 g/mol. The molecule has 1 aliphatic rings. The maximum absolute atomic E-state index is 14.3. The van der Waals surface area contributed by atoms with Gasteiger partial charge in [-0.25, -0.2) is 4.57 Å². The Morgan fingerprint density at radius 2 is 0.759 bits per heavy atom. The molecule has 0 N–H and O–H groups in total. The Hall–Kier alpha value is -3.63. The second-order valence-electron chi connectivity index (χ2n) is 18.9. The molecule has 0 saturated carbocycles. The SMILES string of the molecule is CC(C)(C)c1cc(-c2cc3ccccc3c3c2OP(=O)([O-])Oc2c(-c4cc(C(C)(C)C)cc(C(C)(C)C)c4)cc4ccccc4c2-3)cc(C(C)(C)C)c1.[Ag+]. The summed E-state index contributed by atoms with van der Waals surface area (Å²) in [7, 11) is -4.97. The van der Waals surface area contributed by atoms with Crippen molar-refractivity contribution in [3.63, 3.8) is 0 Å². The number of benzene rings is 6. The van der Waals surface area contributed by atoms with Crippen LogP contribution in [-0.2, 0) is 48.6 Å². The van der Waals surface area contributed by atoms with Gasteiger partial charge in [-0.1, -0.05) is 168 Å². The maximum Gasteiger partial charge on any atom is 1.00 e. The van der Waals surface area contributed by atoms with Gasteiger partial charge in [0.2, 0.25) is 0 Å². The maximum atomic E-state index is 14.3. The second-order valence-corrected chi connectivity index (χ2v) is 20.2. The van der Waals surface area contributed by atoms with Crippen LogP contribution in [0, 0.1) is 0 Å². The first-order chi connectivity index (χ1) is 24.5. The molecule has 0 unspecified atom stereocenters. The minimum absolute atomic E-state index is 0. The van der Waals surface area contributed by atoms with Crippen molar-refractivity contribution < 1.29 is 40.9 Å². The van der Waals surface area contributed by atoms with Crippen LogP contribution >= 0.6 is 7.82 Å². The van der Waals surface area contributed by atoms with Crippen LogP contribution in [0.1, 0.15) is 105 Å². The van der Waals surface area contributed by atoms with Gasteiger partial charge in [0.1, 0.15) is 11.5 Å². The summed E-state index contributed by atoms with van der Waals surface area (Å²) in [6.45, 7) is 26.5. The molecular weight excluding hydrogens is 779 g/mol. The van der Waals surface area contributed by atoms with Gasteiger partial charge < -0.3 is 13.9 Å². The zero-order valence-electron chi connectivity index (χ0n) is 33.6. The van der Waals surface area contributed by atoms with Gasteiger partial charge in [-0.15, -0.1) is 0 Å². The summed E-state index contributed by atoms with van der Waals surface area (Å²) >= 11 is 0. The second kappa shape index (κ2) is 13.5. The third-order valence-electron chi connectivity index (χ3n) is 10.6. The topological polar surface area (TPSA) is 58.6 Å². The van der Waals surface area contributed by atoms with Crippen LogP contribution in [0.15, 0.2) is 97.1 Å². The fourth-order valence-corrected chi connectivity index (χ4v) is 8.18. The first-order valence-electron chi connectivity index (χ1n) is 18.7. The zero-order chi connectivity index (χ0) is 38.5. The van der Waals surface area contributed by atoms with Crippen molar-refractivity contribution in [2.24, 2.45) is 0 Å². The summed E-state index contributed by atoms with van der Waals surface area (Å²) in [5.41, 5.74) is 8.72. The predicted molar refractivity (Wildman–Crippen MR) is 221 cm³/mol. The molecule has 6 aromatic rings. The Labute approximate surface area is 337 Å². The number of hydrogen-bond donors (Lipinski definition) is 0. The smallest absolute Gasteiger partial charge is 0.736 e. The van der Waals surface area contributed by atoms with E-state index in [1.807, 2.05) is 24.3 Å². The Morgan fingerprint density at radius 3 is 1.06 bits per heavy atom. The largest absolute Gasteiger partial charge is 1.00 e. The normalized spacial score (nSPS) is 14.4. The van der Waals surface area contributed by atoms with E-state index in [1.54, 1.807) is 0 Å². The molecule has 54 heavy (non-hydrogen) atoms. The standard InChI is InChI=1S/C48H53O4P.Ag/c1-45(2,3)33-21-31(22-34(27-33)46(4,5)6)39-25-29-17-13-15-19-37(29)41-42-38-20-16-14-18-30(38)26-40(44(42)52-53(49,50)51-43(39)41)32-23-35(47(7,8)9)28-36(24-32)48(10,11)12;/h13-28H,1-12H3,(H,49,50);/q;+1/p-1. The van der Waals surface area contributed by atoms with Crippen LogP contribution in [0.25, 0.3) is 54.9 Å². The number of rotatable bonds is 2. The fourth-order valence-electron chi connectivity index (χ4n) is 7.31. The molecule has 0 bridgehead atoms. The van der Waals surface area contributed by atoms with E-state index >= 15 is 0 Å². The van der Waals surface area contributed by atoms with Gasteiger partial charge in [-0.2, -0.15) is 0 Å². The van der Waals surface area contributed by atoms with Crippen molar-refractivity contribution in [2.45, 2.75) is 105 Å². The molecule has 6 aromatic carbocycles. The molecule has 0 spiro atoms. The van der Waals surface area contributed by atoms with Crippen LogP contribution in [0.2, 0.25) is 0 Å². The molecule has 284 valence electrons. The summed E-state index contributed by atoms with van der Waals surface area (Å²) in [4.78, 5) is 14.3. The fraction of sp³-hybridized carbons (Fsp3) is 0.333. The molecule has 0 fully saturated rings. The van der Waals surface area contributed by atoms with Crippen LogP contribution in [0.4, 0.5) is 0 Å². The van der Waals surface area contributed by atoms with E-state index in [1.165, 1.54) is 22.3 Å². The van der Waals surface area contributed by atoms with E-state index in [0.717, 1.165) is 32.7 Å². The molecule has 6 heteroatoms. The zero-order valence-corrected chi connectivity index (χ0v) is 36.0. The van der Waals surface area contributed by atoms with Crippen molar-refractivity contribution in [1.29, 1.82) is 0 Å². The molecule has 4 nitrogen and oxygen atoms in total. The van der Waals surface area contributed by atoms with Crippen molar-refractivity contribution in [3.05, 3.63) is 119 Å². The van der Waals surface area contributed by atoms with E-state index in [-0.39, 0.29) is 55.5 Å². The minimum atomic E-state index is -4.97. The third-order valence-corrected chi connectivity index (χ3v) is 11.4. The van der Waals surface area contributed by atoms with E-state index in [9.17, 15) is 9.46 Å². The molecular formula is C48H52AgO4P. The summed E-state index contributed by atoms with van der Waals surface area (Å²) in [5, 5.41) is 3.75. The molecule has 7 rings (SSSR count). The van der Waals surface area contributed by atoms with E-state index in [4.69, 9.17) is 9.05 Å². The van der Waals surface area contributed by atoms with Gasteiger partial charge in [0.05, 0.1) is 0 Å². The molecule has 0 radical (unpaired) electrons. The van der Waals surface area contributed by atoms with Gasteiger partial charge in [0.15, 0.2) is 0 Å². The van der Waals surface area contributed by atoms with Crippen LogP contribution in [-0.4, -0.2) is 0 Å². The first kappa shape index (κ1) is 40.0. The Bertz CT molecular complexity index is 2250. The number of hydrogen-bond acceptors (Lipinski definition) is 4. The van der Waals surface area contributed by atoms with Crippen molar-refractivity contribution in [1.82, 2.24) is 0 Å². The van der Waals surface area contributed by atoms with Crippen molar-refractivity contribution >= 4 is 29.4 Å². The van der Waals surface area contributed by atoms with Crippen LogP contribution in [0.3, 0.4) is 0 Å². The van der Waals surface area contributed by atoms with E-state index < -0.39 is 7.82 Å². The predicted octanol–water partition coefficient (Wildman–Crippen LogP) is 13.4. The molecule has 0 saturated heterocycles. The minimum Gasteiger partial charge on any atom is -0.736 e. The molecule has 0 amide bonds. The summed E-state index contributed by atoms with van der Waals surface area (Å²) in [5.74, 6) is 0.570. The molecule has 0 atom stereocenters. The van der Waals surface area contributed by atoms with Gasteiger partial charge in [0, 0.05) is 22.3 Å². The van der Waals surface area contributed by atoms with E-state index in [2.05, 4.69) is 156 Å². The van der Waals surface area contributed by atoms with Crippen molar-refractivity contribution in [3.8, 4) is 44.9 Å². The summed E-state index contributed by atoms with van der Waals surface area (Å²) in [6, 6.07) is 33.8. The Kier molecular flexibility index (Phi) is 10.0. The summed E-state index contributed by atoms with van der Waals surface area (Å²) < 4.78 is 26.8. The number of phosphoric ester groups is 1. The molecule has 0 aromatic heterocycles. The summed E-state index contributed by atoms with van der Waals surface area (Å²) in [6.07, 6.45) is 0. The molecule has 0 aliphatic carbocycles. The van der Waals surface area contributed by atoms with Gasteiger partial charge >= 0.3 is 30.2 Å². The number of phosphoric acid groups is 1. The van der Waals surface area contributed by atoms with Gasteiger partial charge in [0.25, 0.3) is 0 Å². The quantitative estimate of drug-likeness (QED) is 0.129. The Balaban J connectivity index is 0.00000497.